The molecule has 2 aliphatic rings. The molecule has 0 bridgehead atoms. The van der Waals surface area contributed by atoms with E-state index in [0.29, 0.717) is 18.8 Å². The number of nitrogens with zero attached hydrogens (tertiary/aromatic N) is 2. The van der Waals surface area contributed by atoms with E-state index in [1.54, 1.807) is 12.4 Å². The number of benzene rings is 1. The first-order valence-electron chi connectivity index (χ1n) is 9.96. The van der Waals surface area contributed by atoms with Gasteiger partial charge in [-0.25, -0.2) is 4.98 Å². The molecule has 2 atom stereocenters. The second-order valence-corrected chi connectivity index (χ2v) is 7.99. The molecule has 1 amide bonds. The van der Waals surface area contributed by atoms with Crippen molar-refractivity contribution in [3.63, 3.8) is 0 Å². The molecule has 148 valence electrons. The zero-order valence-corrected chi connectivity index (χ0v) is 16.4. The van der Waals surface area contributed by atoms with Gasteiger partial charge < -0.3 is 14.8 Å². The molecule has 2 saturated heterocycles. The summed E-state index contributed by atoms with van der Waals surface area (Å²) in [7, 11) is 0. The Hall–Kier alpha value is -2.83. The Morgan fingerprint density at radius 1 is 1.28 bits per heavy atom. The normalized spacial score (nSPS) is 23.7. The van der Waals surface area contributed by atoms with Crippen molar-refractivity contribution in [3.8, 4) is 11.3 Å². The minimum Gasteiger partial charge on any atom is -0.378 e. The van der Waals surface area contributed by atoms with Crippen LogP contribution in [0.15, 0.2) is 48.8 Å². The van der Waals surface area contributed by atoms with E-state index in [1.165, 1.54) is 0 Å². The molecular weight excluding hydrogens is 366 g/mol. The number of pyridine rings is 2. The fourth-order valence-corrected chi connectivity index (χ4v) is 4.25. The first-order valence-corrected chi connectivity index (χ1v) is 9.96. The number of carbonyl (C=O) groups excluding carboxylic acids is 1. The molecule has 3 aromatic rings. The second-order valence-electron chi connectivity index (χ2n) is 7.99. The second kappa shape index (κ2) is 7.21. The topological polar surface area (TPSA) is 73.3 Å². The summed E-state index contributed by atoms with van der Waals surface area (Å²) < 4.78 is 11.5. The third-order valence-electron chi connectivity index (χ3n) is 5.78. The molecule has 29 heavy (non-hydrogen) atoms. The summed E-state index contributed by atoms with van der Waals surface area (Å²) in [5.74, 6) is -0.0993. The van der Waals surface area contributed by atoms with Gasteiger partial charge in [-0.2, -0.15) is 0 Å². The lowest BCUT2D eigenvalue weighted by atomic mass is 9.97. The number of aryl methyl sites for hydroxylation is 1. The highest BCUT2D eigenvalue weighted by Gasteiger charge is 2.44. The van der Waals surface area contributed by atoms with Crippen molar-refractivity contribution in [1.82, 2.24) is 15.3 Å². The lowest BCUT2D eigenvalue weighted by Gasteiger charge is -2.19. The van der Waals surface area contributed by atoms with E-state index in [-0.39, 0.29) is 17.6 Å². The maximum Gasteiger partial charge on any atom is 0.252 e. The molecular formula is C23H23N3O3. The van der Waals surface area contributed by atoms with Crippen LogP contribution < -0.4 is 5.32 Å². The molecule has 6 nitrogen and oxygen atoms in total. The molecule has 2 aromatic heterocycles. The summed E-state index contributed by atoms with van der Waals surface area (Å²) >= 11 is 0. The van der Waals surface area contributed by atoms with Gasteiger partial charge >= 0.3 is 0 Å². The highest BCUT2D eigenvalue weighted by Crippen LogP contribution is 2.34. The molecule has 5 rings (SSSR count). The molecule has 2 aliphatic heterocycles. The number of hydrogen-bond donors (Lipinski definition) is 1. The fraction of sp³-hybridized carbons (Fsp3) is 0.348. The molecule has 4 heterocycles. The summed E-state index contributed by atoms with van der Waals surface area (Å²) in [6, 6.07) is 11.7. The number of carbonyl (C=O) groups is 1. The molecule has 1 aromatic carbocycles. The van der Waals surface area contributed by atoms with Crippen molar-refractivity contribution in [2.75, 3.05) is 19.8 Å². The van der Waals surface area contributed by atoms with Gasteiger partial charge in [-0.15, -0.1) is 0 Å². The Balaban J connectivity index is 1.49. The smallest absolute Gasteiger partial charge is 0.252 e. The van der Waals surface area contributed by atoms with Gasteiger partial charge in [-0.1, -0.05) is 11.6 Å². The maximum atomic E-state index is 13.3. The largest absolute Gasteiger partial charge is 0.378 e. The van der Waals surface area contributed by atoms with Crippen LogP contribution in [0.1, 0.15) is 28.8 Å². The van der Waals surface area contributed by atoms with E-state index in [9.17, 15) is 4.79 Å². The van der Waals surface area contributed by atoms with Gasteiger partial charge in [0.15, 0.2) is 0 Å². The first kappa shape index (κ1) is 18.2. The zero-order chi connectivity index (χ0) is 19.8. The van der Waals surface area contributed by atoms with Crippen LogP contribution in [0.5, 0.6) is 0 Å². The third-order valence-corrected chi connectivity index (χ3v) is 5.78. The van der Waals surface area contributed by atoms with Crippen LogP contribution in [0.4, 0.5) is 0 Å². The summed E-state index contributed by atoms with van der Waals surface area (Å²) in [6.07, 6.45) is 5.17. The van der Waals surface area contributed by atoms with Crippen LogP contribution in [0, 0.1) is 6.92 Å². The van der Waals surface area contributed by atoms with E-state index in [4.69, 9.17) is 14.5 Å². The van der Waals surface area contributed by atoms with Crippen LogP contribution in [-0.4, -0.2) is 47.3 Å². The molecule has 0 aliphatic carbocycles. The lowest BCUT2D eigenvalue weighted by molar-refractivity contribution is -0.00356. The Morgan fingerprint density at radius 2 is 2.21 bits per heavy atom. The lowest BCUT2D eigenvalue weighted by Crippen LogP contribution is -2.37. The molecule has 2 fully saturated rings. The molecule has 1 N–H and O–H groups in total. The van der Waals surface area contributed by atoms with Gasteiger partial charge in [-0.3, -0.25) is 9.78 Å². The van der Waals surface area contributed by atoms with Gasteiger partial charge in [0.2, 0.25) is 0 Å². The zero-order valence-electron chi connectivity index (χ0n) is 16.4. The molecule has 0 saturated carbocycles. The SMILES string of the molecule is Cc1ccc2nc(-c3cccnc3)cc(C(=O)NC3COC4(CCOC4)C3)c2c1. The predicted molar refractivity (Wildman–Crippen MR) is 110 cm³/mol. The molecule has 1 spiro atoms. The van der Waals surface area contributed by atoms with E-state index < -0.39 is 0 Å². The Kier molecular flexibility index (Phi) is 4.53. The molecule has 6 heteroatoms. The summed E-state index contributed by atoms with van der Waals surface area (Å²) in [4.78, 5) is 22.2. The van der Waals surface area contributed by atoms with Crippen molar-refractivity contribution < 1.29 is 14.3 Å². The van der Waals surface area contributed by atoms with Crippen molar-refractivity contribution in [1.29, 1.82) is 0 Å². The Bertz CT molecular complexity index is 1060. The van der Waals surface area contributed by atoms with Crippen LogP contribution in [0.3, 0.4) is 0 Å². The number of amides is 1. The summed E-state index contributed by atoms with van der Waals surface area (Å²) in [5, 5.41) is 4.03. The van der Waals surface area contributed by atoms with Crippen LogP contribution in [0.25, 0.3) is 22.2 Å². The van der Waals surface area contributed by atoms with E-state index in [1.807, 2.05) is 43.3 Å². The number of ether oxygens (including phenoxy) is 2. The highest BCUT2D eigenvalue weighted by atomic mass is 16.6. The average Bonchev–Trinajstić information content (AvgIpc) is 3.37. The van der Waals surface area contributed by atoms with Crippen molar-refractivity contribution in [2.24, 2.45) is 0 Å². The van der Waals surface area contributed by atoms with Gasteiger partial charge in [0.05, 0.1) is 41.6 Å². The van der Waals surface area contributed by atoms with Crippen molar-refractivity contribution >= 4 is 16.8 Å². The van der Waals surface area contributed by atoms with Gasteiger partial charge in [0, 0.05) is 42.8 Å². The van der Waals surface area contributed by atoms with Crippen molar-refractivity contribution in [2.45, 2.75) is 31.4 Å². The molecule has 0 radical (unpaired) electrons. The number of nitrogens with one attached hydrogen (secondary N) is 1. The number of hydrogen-bond acceptors (Lipinski definition) is 5. The number of fused-ring (bicyclic) bond motifs is 1. The fourth-order valence-electron chi connectivity index (χ4n) is 4.25. The minimum absolute atomic E-state index is 0.0148. The van der Waals surface area contributed by atoms with Crippen LogP contribution in [-0.2, 0) is 9.47 Å². The van der Waals surface area contributed by atoms with E-state index >= 15 is 0 Å². The average molecular weight is 389 g/mol. The molecule has 2 unspecified atom stereocenters. The quantitative estimate of drug-likeness (QED) is 0.744. The van der Waals surface area contributed by atoms with Crippen LogP contribution in [0.2, 0.25) is 0 Å². The van der Waals surface area contributed by atoms with Crippen LogP contribution >= 0.6 is 0 Å². The van der Waals surface area contributed by atoms with E-state index in [0.717, 1.165) is 47.2 Å². The minimum atomic E-state index is -0.226. The Labute approximate surface area is 169 Å². The van der Waals surface area contributed by atoms with Crippen molar-refractivity contribution in [3.05, 3.63) is 59.9 Å². The van der Waals surface area contributed by atoms with Gasteiger partial charge in [-0.05, 0) is 37.3 Å². The number of aromatic nitrogens is 2. The monoisotopic (exact) mass is 389 g/mol. The third kappa shape index (κ3) is 3.50. The van der Waals surface area contributed by atoms with Gasteiger partial charge in [0.25, 0.3) is 5.91 Å². The summed E-state index contributed by atoms with van der Waals surface area (Å²) in [6.45, 7) is 3.88. The standard InChI is InChI=1S/C23H23N3O3/c1-15-4-5-20-18(9-15)19(10-21(26-20)16-3-2-7-24-12-16)22(27)25-17-11-23(29-13-17)6-8-28-14-23/h2-5,7,9-10,12,17H,6,8,11,13-14H2,1H3,(H,25,27). The maximum absolute atomic E-state index is 13.3. The predicted octanol–water partition coefficient (Wildman–Crippen LogP) is 3.28. The Morgan fingerprint density at radius 3 is 3.00 bits per heavy atom. The summed E-state index contributed by atoms with van der Waals surface area (Å²) in [5.41, 5.74) is 3.91. The van der Waals surface area contributed by atoms with Gasteiger partial charge in [0.1, 0.15) is 0 Å². The first-order chi connectivity index (χ1) is 14.1. The van der Waals surface area contributed by atoms with E-state index in [2.05, 4.69) is 10.3 Å². The highest BCUT2D eigenvalue weighted by molar-refractivity contribution is 6.07. The number of rotatable bonds is 3.